The molecule has 1 aliphatic carbocycles. The van der Waals surface area contributed by atoms with Crippen LogP contribution < -0.4 is 5.32 Å². The van der Waals surface area contributed by atoms with Gasteiger partial charge in [-0.25, -0.2) is 0 Å². The third-order valence-corrected chi connectivity index (χ3v) is 3.96. The van der Waals surface area contributed by atoms with E-state index in [-0.39, 0.29) is 0 Å². The SMILES string of the molecule is O=C1C2CC2CCN1CC1CCNC1. The van der Waals surface area contributed by atoms with Gasteiger partial charge in [-0.3, -0.25) is 4.79 Å². The van der Waals surface area contributed by atoms with Crippen LogP contribution in [0.25, 0.3) is 0 Å². The fourth-order valence-corrected chi connectivity index (χ4v) is 2.90. The van der Waals surface area contributed by atoms with Gasteiger partial charge in [0.25, 0.3) is 0 Å². The molecule has 3 rings (SSSR count). The molecule has 3 heteroatoms. The molecular formula is C11H18N2O. The molecule has 0 spiro atoms. The molecule has 1 N–H and O–H groups in total. The molecule has 2 saturated heterocycles. The quantitative estimate of drug-likeness (QED) is 0.693. The van der Waals surface area contributed by atoms with Crippen LogP contribution in [-0.2, 0) is 4.79 Å². The summed E-state index contributed by atoms with van der Waals surface area (Å²) >= 11 is 0. The van der Waals surface area contributed by atoms with E-state index in [0.717, 1.165) is 32.1 Å². The molecule has 0 bridgehead atoms. The minimum atomic E-state index is 0.429. The Morgan fingerprint density at radius 2 is 2.36 bits per heavy atom. The summed E-state index contributed by atoms with van der Waals surface area (Å²) in [5.74, 6) is 2.36. The highest BCUT2D eigenvalue weighted by Gasteiger charge is 2.48. The van der Waals surface area contributed by atoms with Gasteiger partial charge in [0.2, 0.25) is 5.91 Å². The molecule has 1 saturated carbocycles. The number of carbonyl (C=O) groups excluding carboxylic acids is 1. The molecule has 1 amide bonds. The van der Waals surface area contributed by atoms with Crippen molar-refractivity contribution >= 4 is 5.91 Å². The van der Waals surface area contributed by atoms with Gasteiger partial charge in [0.1, 0.15) is 0 Å². The van der Waals surface area contributed by atoms with Gasteiger partial charge in [-0.05, 0) is 44.2 Å². The highest BCUT2D eigenvalue weighted by molar-refractivity contribution is 5.82. The Labute approximate surface area is 84.8 Å². The first-order chi connectivity index (χ1) is 6.84. The van der Waals surface area contributed by atoms with Crippen molar-refractivity contribution in [1.82, 2.24) is 10.2 Å². The summed E-state index contributed by atoms with van der Waals surface area (Å²) < 4.78 is 0. The van der Waals surface area contributed by atoms with Crippen molar-refractivity contribution in [1.29, 1.82) is 0 Å². The summed E-state index contributed by atoms with van der Waals surface area (Å²) in [7, 11) is 0. The average molecular weight is 194 g/mol. The van der Waals surface area contributed by atoms with E-state index in [9.17, 15) is 4.79 Å². The van der Waals surface area contributed by atoms with Crippen molar-refractivity contribution in [3.8, 4) is 0 Å². The van der Waals surface area contributed by atoms with Crippen molar-refractivity contribution in [2.24, 2.45) is 17.8 Å². The summed E-state index contributed by atoms with van der Waals surface area (Å²) in [5, 5.41) is 3.36. The molecule has 2 aliphatic heterocycles. The van der Waals surface area contributed by atoms with Crippen molar-refractivity contribution in [3.05, 3.63) is 0 Å². The average Bonchev–Trinajstić information content (AvgIpc) is 2.81. The smallest absolute Gasteiger partial charge is 0.225 e. The third-order valence-electron chi connectivity index (χ3n) is 3.96. The highest BCUT2D eigenvalue weighted by Crippen LogP contribution is 2.45. The number of fused-ring (bicyclic) bond motifs is 1. The highest BCUT2D eigenvalue weighted by atomic mass is 16.2. The first-order valence-corrected chi connectivity index (χ1v) is 5.84. The van der Waals surface area contributed by atoms with Crippen LogP contribution in [0.1, 0.15) is 19.3 Å². The Hall–Kier alpha value is -0.570. The lowest BCUT2D eigenvalue weighted by Crippen LogP contribution is -2.40. The van der Waals surface area contributed by atoms with E-state index in [1.165, 1.54) is 19.3 Å². The van der Waals surface area contributed by atoms with Gasteiger partial charge >= 0.3 is 0 Å². The van der Waals surface area contributed by atoms with Crippen LogP contribution in [0.5, 0.6) is 0 Å². The van der Waals surface area contributed by atoms with Crippen LogP contribution in [0.4, 0.5) is 0 Å². The molecule has 3 atom stereocenters. The van der Waals surface area contributed by atoms with Gasteiger partial charge in [0.15, 0.2) is 0 Å². The number of piperidine rings is 1. The van der Waals surface area contributed by atoms with E-state index in [4.69, 9.17) is 0 Å². The summed E-state index contributed by atoms with van der Waals surface area (Å²) in [6, 6.07) is 0. The lowest BCUT2D eigenvalue weighted by molar-refractivity contribution is -0.135. The number of rotatable bonds is 2. The minimum Gasteiger partial charge on any atom is -0.342 e. The molecule has 0 aromatic heterocycles. The molecule has 2 heterocycles. The Morgan fingerprint density at radius 3 is 3.14 bits per heavy atom. The standard InChI is InChI=1S/C11H18N2O/c14-11-10-5-9(10)2-4-13(11)7-8-1-3-12-6-8/h8-10,12H,1-7H2. The molecular weight excluding hydrogens is 176 g/mol. The molecule has 0 aromatic carbocycles. The minimum absolute atomic E-state index is 0.429. The Bertz CT molecular complexity index is 248. The zero-order valence-electron chi connectivity index (χ0n) is 8.54. The van der Waals surface area contributed by atoms with E-state index in [1.807, 2.05) is 0 Å². The largest absolute Gasteiger partial charge is 0.342 e. The summed E-state index contributed by atoms with van der Waals surface area (Å²) in [5.41, 5.74) is 0. The van der Waals surface area contributed by atoms with E-state index >= 15 is 0 Å². The lowest BCUT2D eigenvalue weighted by atomic mass is 10.1. The Balaban J connectivity index is 1.58. The number of nitrogens with one attached hydrogen (secondary N) is 1. The predicted molar refractivity (Wildman–Crippen MR) is 53.8 cm³/mol. The monoisotopic (exact) mass is 194 g/mol. The fraction of sp³-hybridized carbons (Fsp3) is 0.909. The first-order valence-electron chi connectivity index (χ1n) is 5.84. The summed E-state index contributed by atoms with van der Waals surface area (Å²) in [6.07, 6.45) is 3.69. The van der Waals surface area contributed by atoms with Crippen LogP contribution in [0.3, 0.4) is 0 Å². The lowest BCUT2D eigenvalue weighted by Gasteiger charge is -2.28. The van der Waals surface area contributed by atoms with Crippen molar-refractivity contribution in [2.45, 2.75) is 19.3 Å². The van der Waals surface area contributed by atoms with Gasteiger partial charge in [0, 0.05) is 19.0 Å². The Kier molecular flexibility index (Phi) is 2.01. The Morgan fingerprint density at radius 1 is 1.43 bits per heavy atom. The number of likely N-dealkylation sites (tertiary alicyclic amines) is 1. The van der Waals surface area contributed by atoms with Crippen LogP contribution >= 0.6 is 0 Å². The molecule has 0 radical (unpaired) electrons. The van der Waals surface area contributed by atoms with Crippen LogP contribution in [0.15, 0.2) is 0 Å². The van der Waals surface area contributed by atoms with Gasteiger partial charge in [-0.1, -0.05) is 0 Å². The molecule has 78 valence electrons. The summed E-state index contributed by atoms with van der Waals surface area (Å²) in [6.45, 7) is 4.28. The van der Waals surface area contributed by atoms with Gasteiger partial charge < -0.3 is 10.2 Å². The van der Waals surface area contributed by atoms with Crippen LogP contribution in [0, 0.1) is 17.8 Å². The molecule has 14 heavy (non-hydrogen) atoms. The number of hydrogen-bond donors (Lipinski definition) is 1. The second kappa shape index (κ2) is 3.23. The van der Waals surface area contributed by atoms with E-state index in [1.54, 1.807) is 0 Å². The summed E-state index contributed by atoms with van der Waals surface area (Å²) in [4.78, 5) is 14.0. The van der Waals surface area contributed by atoms with Crippen LogP contribution in [-0.4, -0.2) is 37.0 Å². The van der Waals surface area contributed by atoms with Crippen molar-refractivity contribution in [2.75, 3.05) is 26.2 Å². The number of nitrogens with zero attached hydrogens (tertiary/aromatic N) is 1. The topological polar surface area (TPSA) is 32.3 Å². The molecule has 3 nitrogen and oxygen atoms in total. The van der Waals surface area contributed by atoms with Crippen molar-refractivity contribution in [3.63, 3.8) is 0 Å². The van der Waals surface area contributed by atoms with E-state index < -0.39 is 0 Å². The number of hydrogen-bond acceptors (Lipinski definition) is 2. The first kappa shape index (κ1) is 8.72. The molecule has 3 fully saturated rings. The maximum absolute atomic E-state index is 11.9. The zero-order chi connectivity index (χ0) is 9.54. The molecule has 3 aliphatic rings. The zero-order valence-corrected chi connectivity index (χ0v) is 8.54. The van der Waals surface area contributed by atoms with Gasteiger partial charge in [-0.2, -0.15) is 0 Å². The third kappa shape index (κ3) is 1.44. The molecule has 0 aromatic rings. The van der Waals surface area contributed by atoms with Gasteiger partial charge in [0.05, 0.1) is 0 Å². The van der Waals surface area contributed by atoms with Crippen LogP contribution in [0.2, 0.25) is 0 Å². The predicted octanol–water partition coefficient (Wildman–Crippen LogP) is 0.464. The maximum atomic E-state index is 11.9. The molecule has 3 unspecified atom stereocenters. The maximum Gasteiger partial charge on any atom is 0.225 e. The van der Waals surface area contributed by atoms with E-state index in [2.05, 4.69) is 10.2 Å². The van der Waals surface area contributed by atoms with E-state index in [0.29, 0.717) is 17.7 Å². The number of carbonyl (C=O) groups is 1. The second-order valence-corrected chi connectivity index (χ2v) is 5.03. The fourth-order valence-electron chi connectivity index (χ4n) is 2.90. The number of amides is 1. The second-order valence-electron chi connectivity index (χ2n) is 5.03. The van der Waals surface area contributed by atoms with Crippen molar-refractivity contribution < 1.29 is 4.79 Å². The normalized spacial score (nSPS) is 41.3. The van der Waals surface area contributed by atoms with Gasteiger partial charge in [-0.15, -0.1) is 0 Å².